The van der Waals surface area contributed by atoms with E-state index in [1.54, 1.807) is 0 Å². The van der Waals surface area contributed by atoms with Crippen molar-refractivity contribution in [2.75, 3.05) is 13.1 Å². The van der Waals surface area contributed by atoms with E-state index in [2.05, 4.69) is 59.1 Å². The minimum Gasteiger partial charge on any atom is -0.305 e. The summed E-state index contributed by atoms with van der Waals surface area (Å²) in [5, 5.41) is 0. The Morgan fingerprint density at radius 2 is 2.00 bits per heavy atom. The highest BCUT2D eigenvalue weighted by molar-refractivity contribution is 5.97. The van der Waals surface area contributed by atoms with Gasteiger partial charge in [0.15, 0.2) is 5.82 Å². The third kappa shape index (κ3) is 4.15. The van der Waals surface area contributed by atoms with Gasteiger partial charge in [-0.3, -0.25) is 19.7 Å². The molecule has 2 aromatic heterocycles. The van der Waals surface area contributed by atoms with Gasteiger partial charge < -0.3 is 4.98 Å². The molecular weight excluding hydrogens is 398 g/mol. The van der Waals surface area contributed by atoms with Crippen molar-refractivity contribution in [3.8, 4) is 11.3 Å². The summed E-state index contributed by atoms with van der Waals surface area (Å²) in [7, 11) is 0. The van der Waals surface area contributed by atoms with E-state index in [1.165, 1.54) is 16.7 Å². The van der Waals surface area contributed by atoms with Crippen molar-refractivity contribution in [3.05, 3.63) is 80.7 Å². The Kier molecular flexibility index (Phi) is 5.70. The van der Waals surface area contributed by atoms with Crippen LogP contribution in [-0.2, 0) is 19.5 Å². The van der Waals surface area contributed by atoms with Gasteiger partial charge in [-0.05, 0) is 55.9 Å². The number of rotatable bonds is 4. The molecule has 164 valence electrons. The van der Waals surface area contributed by atoms with Gasteiger partial charge >= 0.3 is 0 Å². The van der Waals surface area contributed by atoms with Crippen LogP contribution in [0, 0.1) is 13.8 Å². The molecule has 0 amide bonds. The molecule has 1 aromatic carbocycles. The first-order valence-electron chi connectivity index (χ1n) is 11.5. The highest BCUT2D eigenvalue weighted by Crippen LogP contribution is 2.24. The molecule has 0 bridgehead atoms. The van der Waals surface area contributed by atoms with Crippen molar-refractivity contribution in [1.82, 2.24) is 19.9 Å². The number of aromatic nitrogens is 3. The molecule has 0 saturated carbocycles. The minimum atomic E-state index is -0.0219. The molecule has 0 saturated heterocycles. The minimum absolute atomic E-state index is 0.0219. The molecule has 6 nitrogen and oxygen atoms in total. The van der Waals surface area contributed by atoms with E-state index in [0.717, 1.165) is 73.5 Å². The van der Waals surface area contributed by atoms with Gasteiger partial charge in [-0.1, -0.05) is 24.3 Å². The topological polar surface area (TPSA) is 74.2 Å². The van der Waals surface area contributed by atoms with Crippen molar-refractivity contribution in [3.63, 3.8) is 0 Å². The molecule has 0 aliphatic carbocycles. The van der Waals surface area contributed by atoms with Crippen molar-refractivity contribution in [1.29, 1.82) is 0 Å². The van der Waals surface area contributed by atoms with Gasteiger partial charge in [0.25, 0.3) is 5.56 Å². The van der Waals surface area contributed by atoms with E-state index in [9.17, 15) is 4.79 Å². The molecule has 32 heavy (non-hydrogen) atoms. The van der Waals surface area contributed by atoms with E-state index >= 15 is 0 Å². The average molecular weight is 428 g/mol. The smallest absolute Gasteiger partial charge is 0.255 e. The Bertz CT molecular complexity index is 1230. The molecular formula is C26H29N5O. The van der Waals surface area contributed by atoms with Crippen molar-refractivity contribution >= 4 is 5.71 Å². The fourth-order valence-electron chi connectivity index (χ4n) is 4.61. The maximum Gasteiger partial charge on any atom is 0.255 e. The maximum absolute atomic E-state index is 12.8. The van der Waals surface area contributed by atoms with Crippen LogP contribution in [0.4, 0.5) is 0 Å². The maximum atomic E-state index is 12.8. The van der Waals surface area contributed by atoms with E-state index in [-0.39, 0.29) is 5.56 Å². The number of hydrogen-bond donors (Lipinski definition) is 1. The fraction of sp³-hybridized carbons (Fsp3) is 0.385. The molecule has 6 heteroatoms. The third-order valence-corrected chi connectivity index (χ3v) is 6.66. The van der Waals surface area contributed by atoms with Crippen LogP contribution in [-0.4, -0.2) is 38.7 Å². The summed E-state index contributed by atoms with van der Waals surface area (Å²) in [5.41, 5.74) is 8.52. The number of aryl methyl sites for hydroxylation is 1. The number of fused-ring (bicyclic) bond motifs is 1. The predicted molar refractivity (Wildman–Crippen MR) is 127 cm³/mol. The number of hydrogen-bond acceptors (Lipinski definition) is 5. The van der Waals surface area contributed by atoms with Crippen LogP contribution in [0.15, 0.2) is 46.3 Å². The second kappa shape index (κ2) is 8.79. The number of aromatic amines is 1. The quantitative estimate of drug-likeness (QED) is 0.683. The van der Waals surface area contributed by atoms with E-state index in [4.69, 9.17) is 9.97 Å². The molecule has 3 aromatic rings. The summed E-state index contributed by atoms with van der Waals surface area (Å²) in [6.45, 7) is 7.37. The van der Waals surface area contributed by atoms with Crippen LogP contribution in [0.3, 0.4) is 0 Å². The Hall–Kier alpha value is -3.12. The summed E-state index contributed by atoms with van der Waals surface area (Å²) < 4.78 is 0. The first-order chi connectivity index (χ1) is 15.6. The normalized spacial score (nSPS) is 16.5. The van der Waals surface area contributed by atoms with Gasteiger partial charge in [0, 0.05) is 44.4 Å². The highest BCUT2D eigenvalue weighted by atomic mass is 16.1. The molecule has 5 rings (SSSR count). The van der Waals surface area contributed by atoms with Gasteiger partial charge in [-0.15, -0.1) is 0 Å². The largest absolute Gasteiger partial charge is 0.305 e. The lowest BCUT2D eigenvalue weighted by molar-refractivity contribution is 0.241. The third-order valence-electron chi connectivity index (χ3n) is 6.66. The zero-order valence-electron chi connectivity index (χ0n) is 18.8. The molecule has 0 atom stereocenters. The molecule has 1 N–H and O–H groups in total. The van der Waals surface area contributed by atoms with Gasteiger partial charge in [-0.2, -0.15) is 0 Å². The SMILES string of the molecule is Cc1cccc(-c2ccc(CN3CCc4nc(C5=NCCCC5)[nH]c(=O)c4C3)cn2)c1C. The standard InChI is InChI=1S/C26H29N5O/c1-17-6-5-7-20(18(17)2)22-10-9-19(14-28-22)15-31-13-11-23-21(16-31)26(32)30-25(29-23)24-8-3-4-12-27-24/h5-7,9-10,14H,3-4,8,11-13,15-16H2,1-2H3,(H,29,30,32). The summed E-state index contributed by atoms with van der Waals surface area (Å²) >= 11 is 0. The second-order valence-electron chi connectivity index (χ2n) is 8.89. The number of benzene rings is 1. The van der Waals surface area contributed by atoms with Crippen molar-refractivity contribution in [2.45, 2.75) is 52.6 Å². The zero-order chi connectivity index (χ0) is 22.1. The molecule has 4 heterocycles. The van der Waals surface area contributed by atoms with E-state index < -0.39 is 0 Å². The second-order valence-corrected chi connectivity index (χ2v) is 8.89. The first kappa shape index (κ1) is 20.8. The van der Waals surface area contributed by atoms with Gasteiger partial charge in [0.2, 0.25) is 0 Å². The molecule has 0 radical (unpaired) electrons. The lowest BCUT2D eigenvalue weighted by Crippen LogP contribution is -2.36. The molecule has 2 aliphatic heterocycles. The fourth-order valence-corrected chi connectivity index (χ4v) is 4.61. The Morgan fingerprint density at radius 1 is 1.09 bits per heavy atom. The van der Waals surface area contributed by atoms with Crippen LogP contribution in [0.2, 0.25) is 0 Å². The number of nitrogens with one attached hydrogen (secondary N) is 1. The highest BCUT2D eigenvalue weighted by Gasteiger charge is 2.23. The number of H-pyrrole nitrogens is 1. The van der Waals surface area contributed by atoms with Crippen LogP contribution in [0.1, 0.15) is 53.0 Å². The Labute approximate surface area is 188 Å². The van der Waals surface area contributed by atoms with Crippen LogP contribution < -0.4 is 5.56 Å². The van der Waals surface area contributed by atoms with Crippen molar-refractivity contribution in [2.24, 2.45) is 4.99 Å². The first-order valence-corrected chi connectivity index (χ1v) is 11.5. The molecule has 0 fully saturated rings. The predicted octanol–water partition coefficient (Wildman–Crippen LogP) is 3.98. The van der Waals surface area contributed by atoms with Gasteiger partial charge in [0.1, 0.15) is 0 Å². The molecule has 2 aliphatic rings. The van der Waals surface area contributed by atoms with Crippen molar-refractivity contribution < 1.29 is 0 Å². The monoisotopic (exact) mass is 427 g/mol. The average Bonchev–Trinajstić information content (AvgIpc) is 2.82. The zero-order valence-corrected chi connectivity index (χ0v) is 18.8. The summed E-state index contributed by atoms with van der Waals surface area (Å²) in [4.78, 5) is 32.1. The lowest BCUT2D eigenvalue weighted by Gasteiger charge is -2.27. The van der Waals surface area contributed by atoms with E-state index in [1.807, 2.05) is 6.20 Å². The van der Waals surface area contributed by atoms with Crippen LogP contribution in [0.5, 0.6) is 0 Å². The number of aliphatic imine (C=N–C) groups is 1. The van der Waals surface area contributed by atoms with Gasteiger partial charge in [0.05, 0.1) is 22.7 Å². The number of pyridine rings is 1. The Morgan fingerprint density at radius 3 is 2.78 bits per heavy atom. The van der Waals surface area contributed by atoms with Crippen LogP contribution in [0.25, 0.3) is 11.3 Å². The summed E-state index contributed by atoms with van der Waals surface area (Å²) in [5.74, 6) is 0.674. The summed E-state index contributed by atoms with van der Waals surface area (Å²) in [6.07, 6.45) is 5.88. The summed E-state index contributed by atoms with van der Waals surface area (Å²) in [6, 6.07) is 10.6. The van der Waals surface area contributed by atoms with E-state index in [0.29, 0.717) is 12.4 Å². The molecule has 0 unspecified atom stereocenters. The number of nitrogens with zero attached hydrogens (tertiary/aromatic N) is 4. The van der Waals surface area contributed by atoms with Crippen LogP contribution >= 0.6 is 0 Å². The molecule has 0 spiro atoms. The van der Waals surface area contributed by atoms with Gasteiger partial charge in [-0.25, -0.2) is 4.98 Å². The lowest BCUT2D eigenvalue weighted by atomic mass is 10.0. The Balaban J connectivity index is 1.31.